The van der Waals surface area contributed by atoms with Crippen molar-refractivity contribution in [1.82, 2.24) is 0 Å². The molecule has 0 amide bonds. The summed E-state index contributed by atoms with van der Waals surface area (Å²) in [5, 5.41) is 0. The number of sulfonamides is 1. The summed E-state index contributed by atoms with van der Waals surface area (Å²) in [5.74, 6) is -1.83. The fraction of sp³-hybridized carbons (Fsp3) is 0.0769. The molecule has 0 heterocycles. The molecule has 112 valence electrons. The van der Waals surface area contributed by atoms with Gasteiger partial charge in [-0.1, -0.05) is 18.2 Å². The predicted octanol–water partition coefficient (Wildman–Crippen LogP) is 2.99. The van der Waals surface area contributed by atoms with Crippen molar-refractivity contribution in [2.24, 2.45) is 5.73 Å². The van der Waals surface area contributed by atoms with Crippen LogP contribution in [0.3, 0.4) is 0 Å². The van der Waals surface area contributed by atoms with E-state index in [2.05, 4.69) is 20.7 Å². The summed E-state index contributed by atoms with van der Waals surface area (Å²) in [5.41, 5.74) is 5.53. The number of anilines is 1. The van der Waals surface area contributed by atoms with Crippen molar-refractivity contribution >= 4 is 31.6 Å². The quantitative estimate of drug-likeness (QED) is 0.861. The molecule has 2 aromatic rings. The van der Waals surface area contributed by atoms with Crippen LogP contribution in [0.4, 0.5) is 14.5 Å². The Morgan fingerprint density at radius 1 is 1.19 bits per heavy atom. The van der Waals surface area contributed by atoms with Crippen LogP contribution in [0.1, 0.15) is 5.56 Å². The third-order valence-corrected chi connectivity index (χ3v) is 4.80. The second-order valence-corrected chi connectivity index (χ2v) is 6.67. The molecule has 0 aromatic heterocycles. The summed E-state index contributed by atoms with van der Waals surface area (Å²) >= 11 is 2.93. The van der Waals surface area contributed by atoms with Gasteiger partial charge in [-0.3, -0.25) is 4.72 Å². The highest BCUT2D eigenvalue weighted by atomic mass is 79.9. The number of rotatable bonds is 4. The molecule has 0 atom stereocenters. The van der Waals surface area contributed by atoms with Crippen molar-refractivity contribution in [2.75, 3.05) is 4.72 Å². The van der Waals surface area contributed by atoms with E-state index in [-0.39, 0.29) is 21.6 Å². The van der Waals surface area contributed by atoms with Gasteiger partial charge in [0.2, 0.25) is 0 Å². The molecular formula is C13H11BrF2N2O2S. The van der Waals surface area contributed by atoms with Crippen molar-refractivity contribution in [3.05, 3.63) is 58.1 Å². The first-order valence-electron chi connectivity index (χ1n) is 5.80. The summed E-state index contributed by atoms with van der Waals surface area (Å²) in [4.78, 5) is -0.0527. The van der Waals surface area contributed by atoms with Gasteiger partial charge in [-0.15, -0.1) is 0 Å². The van der Waals surface area contributed by atoms with Crippen LogP contribution in [0, 0.1) is 11.6 Å². The highest BCUT2D eigenvalue weighted by Crippen LogP contribution is 2.29. The molecule has 0 bridgehead atoms. The van der Waals surface area contributed by atoms with Gasteiger partial charge in [-0.05, 0) is 33.6 Å². The zero-order valence-electron chi connectivity index (χ0n) is 10.6. The molecule has 2 aromatic carbocycles. The zero-order chi connectivity index (χ0) is 15.6. The molecule has 0 radical (unpaired) electrons. The Bertz CT molecular complexity index is 758. The Hall–Kier alpha value is -1.51. The van der Waals surface area contributed by atoms with E-state index in [1.807, 2.05) is 0 Å². The Morgan fingerprint density at radius 3 is 2.48 bits per heavy atom. The maximum absolute atomic E-state index is 13.7. The molecule has 0 saturated heterocycles. The summed E-state index contributed by atoms with van der Waals surface area (Å²) in [6.07, 6.45) is 0. The molecule has 0 aliphatic rings. The Morgan fingerprint density at radius 2 is 1.86 bits per heavy atom. The van der Waals surface area contributed by atoms with E-state index < -0.39 is 21.7 Å². The van der Waals surface area contributed by atoms with Crippen LogP contribution in [0.5, 0.6) is 0 Å². The van der Waals surface area contributed by atoms with Crippen molar-refractivity contribution in [3.63, 3.8) is 0 Å². The molecule has 0 spiro atoms. The minimum absolute atomic E-state index is 0.0180. The van der Waals surface area contributed by atoms with Gasteiger partial charge in [0.1, 0.15) is 5.82 Å². The van der Waals surface area contributed by atoms with E-state index in [0.29, 0.717) is 11.6 Å². The minimum atomic E-state index is -4.04. The molecule has 21 heavy (non-hydrogen) atoms. The first-order valence-corrected chi connectivity index (χ1v) is 8.08. The van der Waals surface area contributed by atoms with E-state index in [9.17, 15) is 17.2 Å². The second-order valence-electron chi connectivity index (χ2n) is 4.16. The number of nitrogens with one attached hydrogen (secondary N) is 1. The van der Waals surface area contributed by atoms with Gasteiger partial charge in [0.05, 0.1) is 10.6 Å². The lowest BCUT2D eigenvalue weighted by Crippen LogP contribution is -2.17. The largest absolute Gasteiger partial charge is 0.326 e. The molecule has 3 N–H and O–H groups in total. The highest BCUT2D eigenvalue weighted by molar-refractivity contribution is 9.10. The SMILES string of the molecule is NCc1ccccc1S(=O)(=O)Nc1c(F)cc(F)cc1Br. The summed E-state index contributed by atoms with van der Waals surface area (Å²) < 4.78 is 53.5. The van der Waals surface area contributed by atoms with Crippen LogP contribution < -0.4 is 10.5 Å². The monoisotopic (exact) mass is 376 g/mol. The molecule has 0 aliphatic heterocycles. The van der Waals surface area contributed by atoms with Crippen LogP contribution >= 0.6 is 15.9 Å². The molecule has 4 nitrogen and oxygen atoms in total. The lowest BCUT2D eigenvalue weighted by Gasteiger charge is -2.13. The maximum Gasteiger partial charge on any atom is 0.262 e. The zero-order valence-corrected chi connectivity index (χ0v) is 13.0. The molecule has 8 heteroatoms. The van der Waals surface area contributed by atoms with Crippen molar-refractivity contribution < 1.29 is 17.2 Å². The number of benzene rings is 2. The van der Waals surface area contributed by atoms with Gasteiger partial charge in [0.25, 0.3) is 10.0 Å². The van der Waals surface area contributed by atoms with Crippen molar-refractivity contribution in [3.8, 4) is 0 Å². The van der Waals surface area contributed by atoms with Crippen molar-refractivity contribution in [2.45, 2.75) is 11.4 Å². The summed E-state index contributed by atoms with van der Waals surface area (Å²) in [6.45, 7) is 0.0180. The Kier molecular flexibility index (Phi) is 4.60. The van der Waals surface area contributed by atoms with Crippen LogP contribution in [-0.4, -0.2) is 8.42 Å². The number of halogens is 3. The number of hydrogen-bond acceptors (Lipinski definition) is 3. The third-order valence-electron chi connectivity index (χ3n) is 2.73. The molecule has 0 unspecified atom stereocenters. The fourth-order valence-corrected chi connectivity index (χ4v) is 3.74. The normalized spacial score (nSPS) is 11.4. The van der Waals surface area contributed by atoms with Gasteiger partial charge in [0, 0.05) is 17.1 Å². The smallest absolute Gasteiger partial charge is 0.262 e. The van der Waals surface area contributed by atoms with Gasteiger partial charge < -0.3 is 5.73 Å². The number of nitrogens with two attached hydrogens (primary N) is 1. The predicted molar refractivity (Wildman–Crippen MR) is 79.2 cm³/mol. The average molecular weight is 377 g/mol. The Labute approximate surface area is 129 Å². The van der Waals surface area contributed by atoms with Gasteiger partial charge >= 0.3 is 0 Å². The van der Waals surface area contributed by atoms with E-state index >= 15 is 0 Å². The average Bonchev–Trinajstić information content (AvgIpc) is 2.43. The van der Waals surface area contributed by atoms with Crippen LogP contribution in [0.15, 0.2) is 45.8 Å². The minimum Gasteiger partial charge on any atom is -0.326 e. The highest BCUT2D eigenvalue weighted by Gasteiger charge is 2.21. The van der Waals surface area contributed by atoms with Gasteiger partial charge in [-0.25, -0.2) is 17.2 Å². The summed E-state index contributed by atoms with van der Waals surface area (Å²) in [6, 6.07) is 7.66. The number of hydrogen-bond donors (Lipinski definition) is 2. The molecule has 2 rings (SSSR count). The maximum atomic E-state index is 13.7. The van der Waals surface area contributed by atoms with Crippen LogP contribution in [0.2, 0.25) is 0 Å². The van der Waals surface area contributed by atoms with E-state index in [0.717, 1.165) is 6.07 Å². The van der Waals surface area contributed by atoms with E-state index in [4.69, 9.17) is 5.73 Å². The molecule has 0 aliphatic carbocycles. The van der Waals surface area contributed by atoms with Crippen LogP contribution in [0.25, 0.3) is 0 Å². The first-order chi connectivity index (χ1) is 9.85. The molecule has 0 fully saturated rings. The van der Waals surface area contributed by atoms with Crippen LogP contribution in [-0.2, 0) is 16.6 Å². The second kappa shape index (κ2) is 6.08. The lowest BCUT2D eigenvalue weighted by molar-refractivity contribution is 0.581. The topological polar surface area (TPSA) is 72.2 Å². The molecular weight excluding hydrogens is 366 g/mol. The molecule has 0 saturated carbocycles. The Balaban J connectivity index is 2.48. The van der Waals surface area contributed by atoms with E-state index in [1.54, 1.807) is 12.1 Å². The first kappa shape index (κ1) is 15.9. The third kappa shape index (κ3) is 3.39. The van der Waals surface area contributed by atoms with Crippen molar-refractivity contribution in [1.29, 1.82) is 0 Å². The fourth-order valence-electron chi connectivity index (χ4n) is 1.76. The van der Waals surface area contributed by atoms with Gasteiger partial charge in [-0.2, -0.15) is 0 Å². The standard InChI is InChI=1S/C13H11BrF2N2O2S/c14-10-5-9(15)6-11(16)13(10)18-21(19,20)12-4-2-1-3-8(12)7-17/h1-6,18H,7,17H2. The lowest BCUT2D eigenvalue weighted by atomic mass is 10.2. The summed E-state index contributed by atoms with van der Waals surface area (Å²) in [7, 11) is -4.04. The van der Waals surface area contributed by atoms with Gasteiger partial charge in [0.15, 0.2) is 5.82 Å². The van der Waals surface area contributed by atoms with E-state index in [1.165, 1.54) is 12.1 Å².